The molecule has 0 N–H and O–H groups in total. The number of ether oxygens (including phenoxy) is 1. The summed E-state index contributed by atoms with van der Waals surface area (Å²) >= 11 is 0. The molecule has 5 nitrogen and oxygen atoms in total. The Balaban J connectivity index is 1.92. The summed E-state index contributed by atoms with van der Waals surface area (Å²) in [7, 11) is -4.07. The van der Waals surface area contributed by atoms with Crippen molar-refractivity contribution in [2.45, 2.75) is 18.7 Å². The predicted molar refractivity (Wildman–Crippen MR) is 109 cm³/mol. The maximum atomic E-state index is 13.1. The first-order chi connectivity index (χ1) is 13.4. The summed E-state index contributed by atoms with van der Waals surface area (Å²) in [4.78, 5) is 13.0. The maximum Gasteiger partial charge on any atom is 0.278 e. The number of benzene rings is 3. The van der Waals surface area contributed by atoms with Crippen LogP contribution in [0.3, 0.4) is 0 Å². The Kier molecular flexibility index (Phi) is 5.80. The number of para-hydroxylation sites is 1. The Hall–Kier alpha value is -3.12. The van der Waals surface area contributed by atoms with E-state index in [1.165, 1.54) is 12.1 Å². The Morgan fingerprint density at radius 1 is 0.857 bits per heavy atom. The smallest absolute Gasteiger partial charge is 0.278 e. The van der Waals surface area contributed by atoms with Gasteiger partial charge in [0.1, 0.15) is 5.75 Å². The number of aryl methyl sites for hydroxylation is 2. The van der Waals surface area contributed by atoms with Gasteiger partial charge in [0.2, 0.25) is 0 Å². The Morgan fingerprint density at radius 3 is 1.96 bits per heavy atom. The van der Waals surface area contributed by atoms with E-state index in [9.17, 15) is 13.2 Å². The number of hydrogen-bond acceptors (Lipinski definition) is 4. The quantitative estimate of drug-likeness (QED) is 0.630. The van der Waals surface area contributed by atoms with E-state index in [1.54, 1.807) is 60.7 Å². The molecular weight excluding hydrogens is 374 g/mol. The molecule has 28 heavy (non-hydrogen) atoms. The molecule has 6 heteroatoms. The van der Waals surface area contributed by atoms with Crippen LogP contribution in [0.5, 0.6) is 5.75 Å². The molecule has 0 saturated heterocycles. The van der Waals surface area contributed by atoms with Crippen LogP contribution in [0.1, 0.15) is 11.1 Å². The molecule has 0 bridgehead atoms. The van der Waals surface area contributed by atoms with Crippen LogP contribution >= 0.6 is 0 Å². The molecule has 0 aliphatic heterocycles. The number of nitrogens with zero attached hydrogens (tertiary/aromatic N) is 1. The topological polar surface area (TPSA) is 63.7 Å². The molecule has 0 atom stereocenters. The zero-order valence-corrected chi connectivity index (χ0v) is 16.5. The van der Waals surface area contributed by atoms with Gasteiger partial charge in [-0.1, -0.05) is 42.5 Å². The third-order valence-corrected chi connectivity index (χ3v) is 5.82. The van der Waals surface area contributed by atoms with Crippen LogP contribution in [0.4, 0.5) is 5.69 Å². The molecule has 3 rings (SSSR count). The van der Waals surface area contributed by atoms with Crippen molar-refractivity contribution >= 4 is 21.6 Å². The average Bonchev–Trinajstić information content (AvgIpc) is 2.67. The molecule has 0 spiro atoms. The molecule has 0 radical (unpaired) electrons. The summed E-state index contributed by atoms with van der Waals surface area (Å²) in [6, 6.07) is 21.8. The number of anilines is 1. The highest BCUT2D eigenvalue weighted by atomic mass is 32.2. The number of rotatable bonds is 6. The van der Waals surface area contributed by atoms with E-state index >= 15 is 0 Å². The van der Waals surface area contributed by atoms with Gasteiger partial charge in [-0.15, -0.1) is 0 Å². The van der Waals surface area contributed by atoms with Crippen LogP contribution in [0.25, 0.3) is 0 Å². The normalized spacial score (nSPS) is 11.1. The van der Waals surface area contributed by atoms with Gasteiger partial charge < -0.3 is 4.74 Å². The van der Waals surface area contributed by atoms with Crippen LogP contribution in [0.2, 0.25) is 0 Å². The zero-order chi connectivity index (χ0) is 20.1. The van der Waals surface area contributed by atoms with Gasteiger partial charge in [0.05, 0.1) is 10.6 Å². The fourth-order valence-corrected chi connectivity index (χ4v) is 4.33. The Labute approximate surface area is 165 Å². The zero-order valence-electron chi connectivity index (χ0n) is 15.7. The van der Waals surface area contributed by atoms with Gasteiger partial charge >= 0.3 is 0 Å². The molecule has 0 fully saturated rings. The molecule has 0 unspecified atom stereocenters. The number of carbonyl (C=O) groups excluding carboxylic acids is 1. The van der Waals surface area contributed by atoms with E-state index < -0.39 is 22.5 Å². The first-order valence-electron chi connectivity index (χ1n) is 8.77. The van der Waals surface area contributed by atoms with Crippen molar-refractivity contribution in [1.29, 1.82) is 0 Å². The van der Waals surface area contributed by atoms with Crippen molar-refractivity contribution in [2.24, 2.45) is 0 Å². The third kappa shape index (κ3) is 4.40. The van der Waals surface area contributed by atoms with Crippen molar-refractivity contribution in [3.63, 3.8) is 0 Å². The van der Waals surface area contributed by atoms with Crippen molar-refractivity contribution < 1.29 is 17.9 Å². The molecule has 0 heterocycles. The number of hydrogen-bond donors (Lipinski definition) is 0. The molecule has 3 aromatic rings. The van der Waals surface area contributed by atoms with Crippen LogP contribution in [0.15, 0.2) is 83.8 Å². The molecule has 0 saturated carbocycles. The van der Waals surface area contributed by atoms with E-state index in [2.05, 4.69) is 0 Å². The minimum absolute atomic E-state index is 0.0404. The van der Waals surface area contributed by atoms with Crippen LogP contribution in [-0.4, -0.2) is 20.9 Å². The fraction of sp³-hybridized carbons (Fsp3) is 0.136. The van der Waals surface area contributed by atoms with Gasteiger partial charge in [-0.3, -0.25) is 4.79 Å². The Morgan fingerprint density at radius 2 is 1.39 bits per heavy atom. The second kappa shape index (κ2) is 8.27. The van der Waals surface area contributed by atoms with Gasteiger partial charge in [-0.05, 0) is 61.4 Å². The average molecular weight is 395 g/mol. The van der Waals surface area contributed by atoms with Gasteiger partial charge in [0.15, 0.2) is 6.61 Å². The van der Waals surface area contributed by atoms with Crippen LogP contribution in [0, 0.1) is 13.8 Å². The first kappa shape index (κ1) is 19.6. The minimum atomic E-state index is -4.07. The lowest BCUT2D eigenvalue weighted by molar-refractivity contribution is -0.119. The second-order valence-electron chi connectivity index (χ2n) is 6.42. The summed E-state index contributed by atoms with van der Waals surface area (Å²) in [6.45, 7) is 3.46. The lowest BCUT2D eigenvalue weighted by atomic mass is 10.1. The molecule has 0 aliphatic carbocycles. The van der Waals surface area contributed by atoms with E-state index in [-0.39, 0.29) is 10.6 Å². The van der Waals surface area contributed by atoms with E-state index in [0.717, 1.165) is 15.4 Å². The molecular formula is C22H21NO4S. The number of sulfonamides is 1. The van der Waals surface area contributed by atoms with Crippen LogP contribution in [-0.2, 0) is 14.8 Å². The largest absolute Gasteiger partial charge is 0.484 e. The lowest BCUT2D eigenvalue weighted by Crippen LogP contribution is -2.40. The van der Waals surface area contributed by atoms with Crippen molar-refractivity contribution in [3.05, 3.63) is 90.0 Å². The molecule has 1 amide bonds. The highest BCUT2D eigenvalue weighted by molar-refractivity contribution is 7.93. The first-order valence-corrected chi connectivity index (χ1v) is 10.2. The lowest BCUT2D eigenvalue weighted by Gasteiger charge is -2.22. The SMILES string of the molecule is Cc1cc(C)cc(OCC(=O)N(c2ccccc2)S(=O)(=O)c2ccccc2)c1. The Bertz CT molecular complexity index is 1040. The molecule has 144 valence electrons. The summed E-state index contributed by atoms with van der Waals surface area (Å²) in [5.41, 5.74) is 2.26. The van der Waals surface area contributed by atoms with Gasteiger partial charge in [0.25, 0.3) is 15.9 Å². The third-order valence-electron chi connectivity index (χ3n) is 4.06. The van der Waals surface area contributed by atoms with Gasteiger partial charge in [-0.25, -0.2) is 8.42 Å². The monoisotopic (exact) mass is 395 g/mol. The van der Waals surface area contributed by atoms with Crippen molar-refractivity contribution in [1.82, 2.24) is 0 Å². The second-order valence-corrected chi connectivity index (χ2v) is 8.21. The number of carbonyl (C=O) groups is 1. The van der Waals surface area contributed by atoms with Gasteiger partial charge in [-0.2, -0.15) is 4.31 Å². The summed E-state index contributed by atoms with van der Waals surface area (Å²) < 4.78 is 32.7. The standard InChI is InChI=1S/C22H21NO4S/c1-17-13-18(2)15-20(14-17)27-16-22(24)23(19-9-5-3-6-10-19)28(25,26)21-11-7-4-8-12-21/h3-15H,16H2,1-2H3. The highest BCUT2D eigenvalue weighted by Gasteiger charge is 2.31. The van der Waals surface area contributed by atoms with Crippen molar-refractivity contribution in [2.75, 3.05) is 10.9 Å². The fourth-order valence-electron chi connectivity index (χ4n) is 2.90. The predicted octanol–water partition coefficient (Wildman–Crippen LogP) is 4.10. The highest BCUT2D eigenvalue weighted by Crippen LogP contribution is 2.24. The molecule has 0 aliphatic rings. The van der Waals surface area contributed by atoms with Crippen LogP contribution < -0.4 is 9.04 Å². The minimum Gasteiger partial charge on any atom is -0.484 e. The van der Waals surface area contributed by atoms with E-state index in [1.807, 2.05) is 19.9 Å². The summed E-state index contributed by atoms with van der Waals surface area (Å²) in [5, 5.41) is 0. The maximum absolute atomic E-state index is 13.1. The molecule has 0 aromatic heterocycles. The number of amides is 1. The van der Waals surface area contributed by atoms with E-state index in [0.29, 0.717) is 5.75 Å². The van der Waals surface area contributed by atoms with E-state index in [4.69, 9.17) is 4.74 Å². The van der Waals surface area contributed by atoms with Gasteiger partial charge in [0, 0.05) is 0 Å². The summed E-state index contributed by atoms with van der Waals surface area (Å²) in [6.07, 6.45) is 0. The molecule has 3 aromatic carbocycles. The summed E-state index contributed by atoms with van der Waals surface area (Å²) in [5.74, 6) is -0.148. The van der Waals surface area contributed by atoms with Crippen molar-refractivity contribution in [3.8, 4) is 5.75 Å².